The van der Waals surface area contributed by atoms with Gasteiger partial charge < -0.3 is 13.9 Å². The fourth-order valence-electron chi connectivity index (χ4n) is 3.17. The van der Waals surface area contributed by atoms with Crippen molar-refractivity contribution in [3.63, 3.8) is 0 Å². The number of furan rings is 2. The number of nitrogens with zero attached hydrogens (tertiary/aromatic N) is 1. The van der Waals surface area contributed by atoms with Gasteiger partial charge in [0.25, 0.3) is 5.91 Å². The number of carbonyl (C=O) groups excluding carboxylic acids is 2. The van der Waals surface area contributed by atoms with Crippen LogP contribution in [0.1, 0.15) is 27.9 Å². The molecule has 4 rings (SSSR count). The summed E-state index contributed by atoms with van der Waals surface area (Å²) < 4.78 is 49.0. The Morgan fingerprint density at radius 1 is 1.00 bits per heavy atom. The van der Waals surface area contributed by atoms with E-state index >= 15 is 0 Å². The molecule has 0 spiro atoms. The molecule has 3 aromatic rings. The number of aliphatic hydroxyl groups is 1. The van der Waals surface area contributed by atoms with Crippen LogP contribution in [0.15, 0.2) is 81.2 Å². The zero-order chi connectivity index (χ0) is 20.8. The third-order valence-corrected chi connectivity index (χ3v) is 4.48. The third kappa shape index (κ3) is 3.10. The Balaban J connectivity index is 1.81. The molecular weight excluding hydrogens is 391 g/mol. The van der Waals surface area contributed by atoms with E-state index in [2.05, 4.69) is 0 Å². The van der Waals surface area contributed by atoms with Gasteiger partial charge in [-0.2, -0.15) is 13.2 Å². The highest BCUT2D eigenvalue weighted by Crippen LogP contribution is 2.42. The molecule has 1 aliphatic heterocycles. The molecule has 0 fully saturated rings. The molecule has 0 radical (unpaired) electrons. The van der Waals surface area contributed by atoms with Gasteiger partial charge in [0, 0.05) is 5.69 Å². The van der Waals surface area contributed by atoms with Crippen molar-refractivity contribution in [2.75, 3.05) is 4.90 Å². The summed E-state index contributed by atoms with van der Waals surface area (Å²) in [5.74, 6) is -2.46. The van der Waals surface area contributed by atoms with Crippen molar-refractivity contribution >= 4 is 17.4 Å². The first-order valence-corrected chi connectivity index (χ1v) is 8.34. The Hall–Kier alpha value is -3.75. The maximum Gasteiger partial charge on any atom is 0.416 e. The highest BCUT2D eigenvalue weighted by atomic mass is 19.4. The van der Waals surface area contributed by atoms with Crippen LogP contribution in [-0.4, -0.2) is 16.8 Å². The second-order valence-electron chi connectivity index (χ2n) is 6.21. The lowest BCUT2D eigenvalue weighted by Crippen LogP contribution is -2.30. The minimum absolute atomic E-state index is 0.0539. The van der Waals surface area contributed by atoms with Gasteiger partial charge >= 0.3 is 6.18 Å². The lowest BCUT2D eigenvalue weighted by atomic mass is 9.99. The van der Waals surface area contributed by atoms with Crippen molar-refractivity contribution in [3.05, 3.63) is 89.5 Å². The van der Waals surface area contributed by atoms with E-state index in [9.17, 15) is 27.9 Å². The van der Waals surface area contributed by atoms with Crippen molar-refractivity contribution in [3.8, 4) is 0 Å². The summed E-state index contributed by atoms with van der Waals surface area (Å²) in [4.78, 5) is 26.6. The fraction of sp³-hybridized carbons (Fsp3) is 0.100. The van der Waals surface area contributed by atoms with Gasteiger partial charge in [0.15, 0.2) is 11.5 Å². The molecule has 6 nitrogen and oxygen atoms in total. The normalized spacial score (nSPS) is 17.3. The monoisotopic (exact) mass is 403 g/mol. The number of ketones is 1. The second kappa shape index (κ2) is 6.69. The highest BCUT2D eigenvalue weighted by Gasteiger charge is 2.46. The highest BCUT2D eigenvalue weighted by molar-refractivity contribution is 6.20. The molecule has 1 atom stereocenters. The van der Waals surface area contributed by atoms with E-state index in [-0.39, 0.29) is 22.8 Å². The van der Waals surface area contributed by atoms with Crippen LogP contribution in [-0.2, 0) is 11.0 Å². The second-order valence-corrected chi connectivity index (χ2v) is 6.21. The number of amides is 1. The molecule has 3 heterocycles. The number of alkyl halides is 3. The molecule has 0 bridgehead atoms. The van der Waals surface area contributed by atoms with Crippen molar-refractivity contribution in [2.45, 2.75) is 12.2 Å². The molecule has 0 aliphatic carbocycles. The number of hydrogen-bond donors (Lipinski definition) is 1. The minimum atomic E-state index is -4.55. The van der Waals surface area contributed by atoms with Gasteiger partial charge in [-0.3, -0.25) is 14.5 Å². The molecule has 9 heteroatoms. The Kier molecular flexibility index (Phi) is 4.30. The Labute approximate surface area is 161 Å². The topological polar surface area (TPSA) is 83.9 Å². The van der Waals surface area contributed by atoms with Crippen LogP contribution < -0.4 is 4.90 Å². The number of aliphatic hydroxyl groups excluding tert-OH is 1. The minimum Gasteiger partial charge on any atom is -0.503 e. The average Bonchev–Trinajstić information content (AvgIpc) is 3.43. The van der Waals surface area contributed by atoms with Crippen LogP contribution in [0, 0.1) is 0 Å². The molecule has 2 aromatic heterocycles. The largest absolute Gasteiger partial charge is 0.503 e. The Bertz CT molecular complexity index is 1080. The maximum absolute atomic E-state index is 12.9. The first kappa shape index (κ1) is 18.6. The summed E-state index contributed by atoms with van der Waals surface area (Å²) in [6.07, 6.45) is -1.97. The molecule has 148 valence electrons. The van der Waals surface area contributed by atoms with Gasteiger partial charge in [0.05, 0.1) is 23.7 Å². The lowest BCUT2D eigenvalue weighted by Gasteiger charge is -2.25. The zero-order valence-electron chi connectivity index (χ0n) is 14.5. The van der Waals surface area contributed by atoms with Crippen LogP contribution in [0.2, 0.25) is 0 Å². The molecule has 1 N–H and O–H groups in total. The third-order valence-electron chi connectivity index (χ3n) is 4.48. The molecule has 0 saturated heterocycles. The van der Waals surface area contributed by atoms with E-state index in [0.717, 1.165) is 29.2 Å². The molecule has 1 amide bonds. The predicted octanol–water partition coefficient (Wildman–Crippen LogP) is 4.67. The molecule has 1 aliphatic rings. The molecule has 1 aromatic carbocycles. The van der Waals surface area contributed by atoms with Crippen molar-refractivity contribution in [1.29, 1.82) is 0 Å². The predicted molar refractivity (Wildman–Crippen MR) is 93.1 cm³/mol. The molecule has 1 unspecified atom stereocenters. The smallest absolute Gasteiger partial charge is 0.416 e. The molecular formula is C20H12F3NO5. The van der Waals surface area contributed by atoms with Crippen LogP contribution in [0.5, 0.6) is 0 Å². The number of hydrogen-bond acceptors (Lipinski definition) is 5. The summed E-state index contributed by atoms with van der Waals surface area (Å²) in [5.41, 5.74) is -1.13. The van der Waals surface area contributed by atoms with E-state index in [4.69, 9.17) is 8.83 Å². The summed E-state index contributed by atoms with van der Waals surface area (Å²) in [7, 11) is 0. The van der Waals surface area contributed by atoms with E-state index in [1.807, 2.05) is 0 Å². The summed E-state index contributed by atoms with van der Waals surface area (Å²) >= 11 is 0. The summed E-state index contributed by atoms with van der Waals surface area (Å²) in [6, 6.07) is 8.47. The first-order chi connectivity index (χ1) is 13.8. The molecule has 0 saturated carbocycles. The van der Waals surface area contributed by atoms with Gasteiger partial charge in [-0.25, -0.2) is 0 Å². The van der Waals surface area contributed by atoms with Gasteiger partial charge in [-0.1, -0.05) is 0 Å². The number of rotatable bonds is 4. The van der Waals surface area contributed by atoms with E-state index < -0.39 is 35.2 Å². The van der Waals surface area contributed by atoms with Crippen LogP contribution in [0.3, 0.4) is 0 Å². The molecule has 29 heavy (non-hydrogen) atoms. The summed E-state index contributed by atoms with van der Waals surface area (Å²) in [5, 5.41) is 10.4. The van der Waals surface area contributed by atoms with Crippen LogP contribution in [0.4, 0.5) is 18.9 Å². The van der Waals surface area contributed by atoms with Gasteiger partial charge in [-0.15, -0.1) is 0 Å². The number of benzene rings is 1. The average molecular weight is 403 g/mol. The van der Waals surface area contributed by atoms with Crippen LogP contribution in [0.25, 0.3) is 0 Å². The number of carbonyl (C=O) groups is 2. The quantitative estimate of drug-likeness (QED) is 0.640. The van der Waals surface area contributed by atoms with Crippen molar-refractivity contribution in [2.24, 2.45) is 0 Å². The standard InChI is InChI=1S/C20H12F3NO5/c21-20(22,23)11-5-7-12(8-6-11)24-16(13-3-1-9-28-13)15(18(26)19(24)27)17(25)14-4-2-10-29-14/h1-10,16,26H. The SMILES string of the molecule is O=C(C1=C(O)C(=O)N(c2ccc(C(F)(F)F)cc2)C1c1ccco1)c1ccco1. The number of halogens is 3. The van der Waals surface area contributed by atoms with Gasteiger partial charge in [-0.05, 0) is 48.5 Å². The maximum atomic E-state index is 12.9. The van der Waals surface area contributed by atoms with E-state index in [1.165, 1.54) is 36.8 Å². The Morgan fingerprint density at radius 3 is 2.21 bits per heavy atom. The van der Waals surface area contributed by atoms with E-state index in [0.29, 0.717) is 0 Å². The number of Topliss-reactive ketones (excluding diaryl/α,β-unsaturated/α-hetero) is 1. The van der Waals surface area contributed by atoms with Gasteiger partial charge in [0.1, 0.15) is 11.8 Å². The van der Waals surface area contributed by atoms with Crippen LogP contribution >= 0.6 is 0 Å². The lowest BCUT2D eigenvalue weighted by molar-refractivity contribution is -0.137. The van der Waals surface area contributed by atoms with Crippen molar-refractivity contribution < 1.29 is 36.7 Å². The zero-order valence-corrected chi connectivity index (χ0v) is 14.5. The van der Waals surface area contributed by atoms with E-state index in [1.54, 1.807) is 0 Å². The fourth-order valence-corrected chi connectivity index (χ4v) is 3.17. The first-order valence-electron chi connectivity index (χ1n) is 8.34. The number of anilines is 1. The Morgan fingerprint density at radius 2 is 1.66 bits per heavy atom. The van der Waals surface area contributed by atoms with Crippen molar-refractivity contribution in [1.82, 2.24) is 0 Å². The van der Waals surface area contributed by atoms with Gasteiger partial charge in [0.2, 0.25) is 5.78 Å². The summed E-state index contributed by atoms with van der Waals surface area (Å²) in [6.45, 7) is 0.